The van der Waals surface area contributed by atoms with Crippen LogP contribution in [0.15, 0.2) is 10.9 Å². The summed E-state index contributed by atoms with van der Waals surface area (Å²) in [4.78, 5) is 11.1. The van der Waals surface area contributed by atoms with Gasteiger partial charge in [-0.15, -0.1) is 0 Å². The van der Waals surface area contributed by atoms with E-state index in [4.69, 9.17) is 4.52 Å². The molecule has 1 saturated heterocycles. The molecule has 7 nitrogen and oxygen atoms in total. The third-order valence-corrected chi connectivity index (χ3v) is 3.69. The molecule has 1 unspecified atom stereocenters. The van der Waals surface area contributed by atoms with Crippen LogP contribution < -0.4 is 0 Å². The summed E-state index contributed by atoms with van der Waals surface area (Å²) in [5.74, 6) is 2.65. The van der Waals surface area contributed by atoms with Crippen molar-refractivity contribution in [1.29, 1.82) is 0 Å². The van der Waals surface area contributed by atoms with E-state index in [1.54, 1.807) is 6.33 Å². The topological polar surface area (TPSA) is 83.7 Å². The van der Waals surface area contributed by atoms with Gasteiger partial charge in [-0.25, -0.2) is 4.98 Å². The van der Waals surface area contributed by atoms with Crippen LogP contribution in [0.25, 0.3) is 0 Å². The van der Waals surface area contributed by atoms with Gasteiger partial charge >= 0.3 is 0 Å². The third kappa shape index (κ3) is 2.72. The van der Waals surface area contributed by atoms with Gasteiger partial charge in [0.05, 0.1) is 12.6 Å². The highest BCUT2D eigenvalue weighted by Crippen LogP contribution is 2.29. The minimum Gasteiger partial charge on any atom is -0.339 e. The van der Waals surface area contributed by atoms with Gasteiger partial charge in [-0.3, -0.25) is 10.00 Å². The molecule has 20 heavy (non-hydrogen) atoms. The molecule has 0 aromatic carbocycles. The fourth-order valence-corrected chi connectivity index (χ4v) is 2.61. The number of aromatic amines is 1. The van der Waals surface area contributed by atoms with E-state index in [1.807, 2.05) is 0 Å². The maximum Gasteiger partial charge on any atom is 0.229 e. The van der Waals surface area contributed by atoms with Crippen LogP contribution in [0.2, 0.25) is 0 Å². The van der Waals surface area contributed by atoms with Gasteiger partial charge in [-0.2, -0.15) is 10.1 Å². The summed E-state index contributed by atoms with van der Waals surface area (Å²) in [6.07, 6.45) is 5.06. The summed E-state index contributed by atoms with van der Waals surface area (Å²) in [6.45, 7) is 5.82. The van der Waals surface area contributed by atoms with Crippen LogP contribution in [0.3, 0.4) is 0 Å². The van der Waals surface area contributed by atoms with E-state index < -0.39 is 0 Å². The second-order valence-electron chi connectivity index (χ2n) is 5.56. The molecule has 3 rings (SSSR count). The molecule has 0 radical (unpaired) electrons. The molecule has 0 amide bonds. The van der Waals surface area contributed by atoms with Gasteiger partial charge in [-0.05, 0) is 19.4 Å². The smallest absolute Gasteiger partial charge is 0.229 e. The first-order valence-electron chi connectivity index (χ1n) is 7.16. The minimum atomic E-state index is 0.266. The predicted molar refractivity (Wildman–Crippen MR) is 71.8 cm³/mol. The van der Waals surface area contributed by atoms with E-state index in [2.05, 4.69) is 44.1 Å². The van der Waals surface area contributed by atoms with E-state index in [9.17, 15) is 0 Å². The fraction of sp³-hybridized carbons (Fsp3) is 0.692. The van der Waals surface area contributed by atoms with Crippen molar-refractivity contribution in [3.8, 4) is 0 Å². The Bertz CT molecular complexity index is 535. The molecule has 0 saturated carbocycles. The van der Waals surface area contributed by atoms with Gasteiger partial charge in [0.2, 0.25) is 5.89 Å². The Kier molecular flexibility index (Phi) is 3.77. The van der Waals surface area contributed by atoms with Crippen molar-refractivity contribution in [1.82, 2.24) is 30.2 Å². The zero-order valence-corrected chi connectivity index (χ0v) is 11.9. The Morgan fingerprint density at radius 3 is 3.05 bits per heavy atom. The minimum absolute atomic E-state index is 0.266. The fourth-order valence-electron chi connectivity index (χ4n) is 2.61. The monoisotopic (exact) mass is 276 g/mol. The Labute approximate surface area is 117 Å². The molecular weight excluding hydrogens is 256 g/mol. The van der Waals surface area contributed by atoms with Crippen molar-refractivity contribution in [3.05, 3.63) is 23.9 Å². The van der Waals surface area contributed by atoms with Crippen molar-refractivity contribution in [2.75, 3.05) is 6.54 Å². The van der Waals surface area contributed by atoms with E-state index in [-0.39, 0.29) is 12.0 Å². The summed E-state index contributed by atoms with van der Waals surface area (Å²) in [7, 11) is 0. The standard InChI is InChI=1S/C13H20N6O/c1-9(2)13-16-11(18-20-13)7-19-6-4-3-5-10(19)12-14-8-15-17-12/h8-10H,3-7H2,1-2H3,(H,14,15,17). The number of nitrogens with zero attached hydrogens (tertiary/aromatic N) is 5. The van der Waals surface area contributed by atoms with E-state index >= 15 is 0 Å². The normalized spacial score (nSPS) is 20.6. The van der Waals surface area contributed by atoms with Gasteiger partial charge in [0.25, 0.3) is 0 Å². The summed E-state index contributed by atoms with van der Waals surface area (Å²) in [5, 5.41) is 11.0. The number of likely N-dealkylation sites (tertiary alicyclic amines) is 1. The van der Waals surface area contributed by atoms with Crippen LogP contribution in [0, 0.1) is 0 Å². The first-order valence-corrected chi connectivity index (χ1v) is 7.16. The summed E-state index contributed by atoms with van der Waals surface area (Å²) in [5.41, 5.74) is 0. The molecule has 7 heteroatoms. The lowest BCUT2D eigenvalue weighted by molar-refractivity contribution is 0.129. The quantitative estimate of drug-likeness (QED) is 0.920. The lowest BCUT2D eigenvalue weighted by atomic mass is 10.0. The number of aromatic nitrogens is 5. The second kappa shape index (κ2) is 5.70. The molecule has 2 aromatic rings. The van der Waals surface area contributed by atoms with Crippen molar-refractivity contribution in [2.24, 2.45) is 0 Å². The van der Waals surface area contributed by atoms with Crippen LogP contribution in [0.4, 0.5) is 0 Å². The highest BCUT2D eigenvalue weighted by molar-refractivity contribution is 4.97. The Morgan fingerprint density at radius 1 is 1.45 bits per heavy atom. The molecule has 3 heterocycles. The SMILES string of the molecule is CC(C)c1nc(CN2CCCCC2c2ncn[nH]2)no1. The van der Waals surface area contributed by atoms with E-state index in [0.29, 0.717) is 12.4 Å². The van der Waals surface area contributed by atoms with Gasteiger partial charge < -0.3 is 4.52 Å². The lowest BCUT2D eigenvalue weighted by Gasteiger charge is -2.33. The molecule has 108 valence electrons. The van der Waals surface area contributed by atoms with Crippen LogP contribution >= 0.6 is 0 Å². The molecule has 0 aliphatic carbocycles. The number of nitrogens with one attached hydrogen (secondary N) is 1. The number of hydrogen-bond donors (Lipinski definition) is 1. The van der Waals surface area contributed by atoms with Crippen molar-refractivity contribution in [3.63, 3.8) is 0 Å². The molecule has 1 fully saturated rings. The number of piperidine rings is 1. The van der Waals surface area contributed by atoms with Crippen molar-refractivity contribution in [2.45, 2.75) is 51.6 Å². The number of hydrogen-bond acceptors (Lipinski definition) is 6. The molecular formula is C13H20N6O. The Hall–Kier alpha value is -1.76. The molecule has 0 bridgehead atoms. The highest BCUT2D eigenvalue weighted by atomic mass is 16.5. The number of rotatable bonds is 4. The molecule has 0 spiro atoms. The average Bonchev–Trinajstić information content (AvgIpc) is 3.10. The predicted octanol–water partition coefficient (Wildman–Crippen LogP) is 2.04. The van der Waals surface area contributed by atoms with E-state index in [1.165, 1.54) is 12.8 Å². The second-order valence-corrected chi connectivity index (χ2v) is 5.56. The average molecular weight is 276 g/mol. The lowest BCUT2D eigenvalue weighted by Crippen LogP contribution is -2.34. The largest absolute Gasteiger partial charge is 0.339 e. The van der Waals surface area contributed by atoms with Crippen molar-refractivity contribution < 1.29 is 4.52 Å². The molecule has 1 aliphatic rings. The Morgan fingerprint density at radius 2 is 2.35 bits per heavy atom. The molecule has 1 aliphatic heterocycles. The summed E-state index contributed by atoms with van der Waals surface area (Å²) < 4.78 is 5.27. The Balaban J connectivity index is 1.73. The van der Waals surface area contributed by atoms with Gasteiger partial charge in [0.1, 0.15) is 12.2 Å². The van der Waals surface area contributed by atoms with Crippen LogP contribution in [0.5, 0.6) is 0 Å². The van der Waals surface area contributed by atoms with Crippen molar-refractivity contribution >= 4 is 0 Å². The summed E-state index contributed by atoms with van der Waals surface area (Å²) in [6, 6.07) is 0.271. The molecule has 1 N–H and O–H groups in total. The van der Waals surface area contributed by atoms with Crippen LogP contribution in [-0.4, -0.2) is 36.8 Å². The molecule has 2 aromatic heterocycles. The summed E-state index contributed by atoms with van der Waals surface area (Å²) >= 11 is 0. The third-order valence-electron chi connectivity index (χ3n) is 3.69. The zero-order valence-electron chi connectivity index (χ0n) is 11.9. The first kappa shape index (κ1) is 13.2. The molecule has 1 atom stereocenters. The first-order chi connectivity index (χ1) is 9.74. The van der Waals surface area contributed by atoms with Gasteiger partial charge in [0, 0.05) is 5.92 Å². The van der Waals surface area contributed by atoms with E-state index in [0.717, 1.165) is 24.6 Å². The number of H-pyrrole nitrogens is 1. The highest BCUT2D eigenvalue weighted by Gasteiger charge is 2.27. The maximum absolute atomic E-state index is 5.27. The van der Waals surface area contributed by atoms with Gasteiger partial charge in [0.15, 0.2) is 5.82 Å². The maximum atomic E-state index is 5.27. The van der Waals surface area contributed by atoms with Crippen LogP contribution in [-0.2, 0) is 6.54 Å². The van der Waals surface area contributed by atoms with Crippen LogP contribution in [0.1, 0.15) is 62.6 Å². The zero-order chi connectivity index (χ0) is 13.9. The van der Waals surface area contributed by atoms with Gasteiger partial charge in [-0.1, -0.05) is 25.4 Å².